The van der Waals surface area contributed by atoms with Crippen molar-refractivity contribution in [1.29, 1.82) is 0 Å². The van der Waals surface area contributed by atoms with E-state index in [1.54, 1.807) is 0 Å². The summed E-state index contributed by atoms with van der Waals surface area (Å²) in [5.41, 5.74) is 21.9. The van der Waals surface area contributed by atoms with Crippen molar-refractivity contribution in [1.82, 2.24) is 0 Å². The minimum atomic E-state index is -0.136. The molecule has 0 spiro atoms. The number of fused-ring (bicyclic) bond motifs is 12. The van der Waals surface area contributed by atoms with Crippen molar-refractivity contribution in [3.63, 3.8) is 0 Å². The molecule has 0 saturated heterocycles. The van der Waals surface area contributed by atoms with E-state index in [-0.39, 0.29) is 28.4 Å². The van der Waals surface area contributed by atoms with Gasteiger partial charge in [0.1, 0.15) is 11.2 Å². The number of anilines is 6. The Morgan fingerprint density at radius 3 is 1.84 bits per heavy atom. The Morgan fingerprint density at radius 1 is 0.507 bits per heavy atom. The molecule has 4 nitrogen and oxygen atoms in total. The molecule has 0 saturated carbocycles. The molecule has 2 aromatic heterocycles. The highest BCUT2D eigenvalue weighted by Crippen LogP contribution is 2.54. The number of nitrogens with zero attached hydrogens (tertiary/aromatic N) is 2. The summed E-state index contributed by atoms with van der Waals surface area (Å²) in [6, 6.07) is 44.3. The molecule has 0 unspecified atom stereocenters. The van der Waals surface area contributed by atoms with E-state index >= 15 is 0 Å². The average Bonchev–Trinajstić information content (AvgIpc) is 3.85. The molecule has 9 aromatic rings. The number of hydrogen-bond donors (Lipinski definition) is 0. The lowest BCUT2D eigenvalue weighted by molar-refractivity contribution is 0.332. The van der Waals surface area contributed by atoms with Gasteiger partial charge < -0.3 is 18.6 Å². The van der Waals surface area contributed by atoms with Gasteiger partial charge >= 0.3 is 0 Å². The van der Waals surface area contributed by atoms with Gasteiger partial charge in [-0.25, -0.2) is 0 Å². The normalized spacial score (nSPS) is 18.4. The summed E-state index contributed by atoms with van der Waals surface area (Å²) in [5.74, 6) is 0.343. The van der Waals surface area contributed by atoms with E-state index in [9.17, 15) is 0 Å². The molecule has 2 aliphatic heterocycles. The molecule has 334 valence electrons. The minimum Gasteiger partial charge on any atom is -0.468 e. The number of benzene rings is 7. The molecule has 0 amide bonds. The van der Waals surface area contributed by atoms with Crippen molar-refractivity contribution < 1.29 is 8.83 Å². The first kappa shape index (κ1) is 41.0. The van der Waals surface area contributed by atoms with E-state index in [1.165, 1.54) is 95.3 Å². The minimum absolute atomic E-state index is 0.0430. The Hall–Kier alpha value is -6.20. The van der Waals surface area contributed by atoms with Gasteiger partial charge in [0.2, 0.25) is 0 Å². The van der Waals surface area contributed by atoms with Crippen LogP contribution in [-0.2, 0) is 21.7 Å². The molecule has 0 fully saturated rings. The highest BCUT2D eigenvalue weighted by atomic mass is 16.3. The zero-order valence-electron chi connectivity index (χ0n) is 41.2. The van der Waals surface area contributed by atoms with Crippen LogP contribution in [0.2, 0.25) is 0 Å². The number of hydrogen-bond acceptors (Lipinski definition) is 4. The fourth-order valence-corrected chi connectivity index (χ4v) is 12.9. The van der Waals surface area contributed by atoms with E-state index in [2.05, 4.69) is 201 Å². The van der Waals surface area contributed by atoms with Crippen molar-refractivity contribution in [2.24, 2.45) is 0 Å². The quantitative estimate of drug-likeness (QED) is 0.166. The second kappa shape index (κ2) is 13.5. The van der Waals surface area contributed by atoms with Gasteiger partial charge in [-0.1, -0.05) is 124 Å². The molecule has 5 heteroatoms. The summed E-state index contributed by atoms with van der Waals surface area (Å²) in [5, 5.41) is 5.86. The van der Waals surface area contributed by atoms with E-state index in [1.807, 2.05) is 0 Å². The number of para-hydroxylation sites is 1. The molecule has 0 N–H and O–H groups in total. The standard InChI is InChI=1S/C62H61BN2O2/c1-35(2)37-19-22-48-50(30-37)65(49-18-14-17-41-42-29-38-15-12-13-16-39(38)31-53(42)66-57(41)49)52-28-36(3)27-51-55(52)63(48)58-56(43-33-46-47(34-54(43)67-58)62(10,11)26-25-61(46,8)9)64(51)40-20-21-44-45(32-40)60(6,7)24-23-59(44,4)5/h12-22,27-35H,23-26H2,1-11H3. The van der Waals surface area contributed by atoms with Crippen LogP contribution in [0.3, 0.4) is 0 Å². The summed E-state index contributed by atoms with van der Waals surface area (Å²) < 4.78 is 14.6. The predicted octanol–water partition coefficient (Wildman–Crippen LogP) is 15.7. The summed E-state index contributed by atoms with van der Waals surface area (Å²) >= 11 is 0. The van der Waals surface area contributed by atoms with E-state index in [0.717, 1.165) is 58.1 Å². The van der Waals surface area contributed by atoms with Crippen LogP contribution in [0.15, 0.2) is 124 Å². The molecule has 4 heterocycles. The van der Waals surface area contributed by atoms with Crippen LogP contribution in [-0.4, -0.2) is 6.71 Å². The van der Waals surface area contributed by atoms with Crippen LogP contribution in [0, 0.1) is 6.92 Å². The van der Waals surface area contributed by atoms with Crippen LogP contribution in [0.1, 0.15) is 134 Å². The van der Waals surface area contributed by atoms with Crippen LogP contribution >= 0.6 is 0 Å². The Kier molecular flexibility index (Phi) is 8.26. The smallest absolute Gasteiger partial charge is 0.297 e. The molecule has 7 aromatic carbocycles. The molecule has 13 rings (SSSR count). The van der Waals surface area contributed by atoms with Gasteiger partial charge in [-0.3, -0.25) is 0 Å². The topological polar surface area (TPSA) is 32.8 Å². The number of aryl methyl sites for hydroxylation is 1. The molecular formula is C62H61BN2O2. The Labute approximate surface area is 396 Å². The van der Waals surface area contributed by atoms with E-state index < -0.39 is 0 Å². The van der Waals surface area contributed by atoms with Crippen LogP contribution in [0.5, 0.6) is 0 Å². The Balaban J connectivity index is 1.14. The average molecular weight is 877 g/mol. The maximum atomic E-state index is 7.58. The molecule has 67 heavy (non-hydrogen) atoms. The van der Waals surface area contributed by atoms with Gasteiger partial charge in [0.15, 0.2) is 5.58 Å². The van der Waals surface area contributed by atoms with Crippen molar-refractivity contribution >= 4 is 101 Å². The Morgan fingerprint density at radius 2 is 1.13 bits per heavy atom. The molecule has 0 radical (unpaired) electrons. The summed E-state index contributed by atoms with van der Waals surface area (Å²) in [6.07, 6.45) is 4.64. The maximum Gasteiger partial charge on any atom is 0.297 e. The number of rotatable bonds is 3. The second-order valence-corrected chi connectivity index (χ2v) is 23.7. The van der Waals surface area contributed by atoms with Crippen LogP contribution in [0.25, 0.3) is 43.7 Å². The fraction of sp³-hybridized carbons (Fsp3) is 0.323. The summed E-state index contributed by atoms with van der Waals surface area (Å²) in [7, 11) is 0. The second-order valence-electron chi connectivity index (χ2n) is 23.7. The van der Waals surface area contributed by atoms with Crippen LogP contribution < -0.4 is 26.4 Å². The van der Waals surface area contributed by atoms with Gasteiger partial charge in [0.05, 0.1) is 17.0 Å². The summed E-state index contributed by atoms with van der Waals surface area (Å²) in [6.45, 7) is 26.2. The number of furan rings is 2. The van der Waals surface area contributed by atoms with Crippen molar-refractivity contribution in [2.45, 2.75) is 129 Å². The lowest BCUT2D eigenvalue weighted by Crippen LogP contribution is -2.61. The largest absolute Gasteiger partial charge is 0.468 e. The molecule has 2 aliphatic carbocycles. The van der Waals surface area contributed by atoms with Crippen LogP contribution in [0.4, 0.5) is 34.1 Å². The first-order chi connectivity index (χ1) is 31.9. The van der Waals surface area contributed by atoms with Crippen molar-refractivity contribution in [3.8, 4) is 0 Å². The Bertz CT molecular complexity index is 3610. The fourth-order valence-electron chi connectivity index (χ4n) is 12.9. The van der Waals surface area contributed by atoms with Crippen molar-refractivity contribution in [3.05, 3.63) is 149 Å². The van der Waals surface area contributed by atoms with E-state index in [0.29, 0.717) is 5.92 Å². The lowest BCUT2D eigenvalue weighted by atomic mass is 9.35. The monoisotopic (exact) mass is 876 g/mol. The SMILES string of the molecule is Cc1cc2c3c(c1)N(c1cccc4c1oc1cc5ccccc5cc14)c1cc(C(C)C)ccc1B3c1oc3cc4c(cc3c1N2c1ccc2c(c1)C(C)(C)CCC2(C)C)C(C)(C)CCC4(C)C. The zero-order valence-corrected chi connectivity index (χ0v) is 41.2. The summed E-state index contributed by atoms with van der Waals surface area (Å²) in [4.78, 5) is 5.13. The molecule has 4 aliphatic rings. The molecule has 0 atom stereocenters. The highest BCUT2D eigenvalue weighted by Gasteiger charge is 2.49. The van der Waals surface area contributed by atoms with Gasteiger partial charge in [-0.2, -0.15) is 0 Å². The third-order valence-electron chi connectivity index (χ3n) is 17.2. The molecule has 0 bridgehead atoms. The third-order valence-corrected chi connectivity index (χ3v) is 17.2. The van der Waals surface area contributed by atoms with Gasteiger partial charge in [-0.05, 0) is 176 Å². The van der Waals surface area contributed by atoms with Crippen molar-refractivity contribution in [2.75, 3.05) is 9.80 Å². The lowest BCUT2D eigenvalue weighted by Gasteiger charge is -2.44. The third kappa shape index (κ3) is 5.73. The van der Waals surface area contributed by atoms with Gasteiger partial charge in [0, 0.05) is 38.9 Å². The highest BCUT2D eigenvalue weighted by molar-refractivity contribution is 7.00. The molecular weight excluding hydrogens is 816 g/mol. The van der Waals surface area contributed by atoms with E-state index in [4.69, 9.17) is 8.83 Å². The zero-order chi connectivity index (χ0) is 46.3. The maximum absolute atomic E-state index is 7.58. The van der Waals surface area contributed by atoms with Gasteiger partial charge in [-0.15, -0.1) is 0 Å². The van der Waals surface area contributed by atoms with Gasteiger partial charge in [0.25, 0.3) is 6.71 Å². The first-order valence-electron chi connectivity index (χ1n) is 24.9. The first-order valence-corrected chi connectivity index (χ1v) is 24.9. The predicted molar refractivity (Wildman–Crippen MR) is 284 cm³/mol.